The number of methoxy groups -OCH3 is 1. The number of rotatable bonds is 3. The number of carbonyl (C=O) groups is 2. The fraction of sp³-hybridized carbons (Fsp3) is 0.857. The second-order valence-corrected chi connectivity index (χ2v) is 6.28. The van der Waals surface area contributed by atoms with Crippen LogP contribution in [0.15, 0.2) is 0 Å². The fourth-order valence-corrected chi connectivity index (χ4v) is 2.50. The smallest absolute Gasteiger partial charge is 0.313 e. The van der Waals surface area contributed by atoms with E-state index in [0.717, 1.165) is 0 Å². The summed E-state index contributed by atoms with van der Waals surface area (Å²) in [7, 11) is 1.37. The maximum Gasteiger partial charge on any atom is 0.313 e. The van der Waals surface area contributed by atoms with Gasteiger partial charge in [-0.3, -0.25) is 9.59 Å². The molecular formula is C14H25NO4. The summed E-state index contributed by atoms with van der Waals surface area (Å²) in [5.41, 5.74) is 4.63. The number of hydrogen-bond acceptors (Lipinski definition) is 5. The molecule has 0 aliphatic heterocycles. The summed E-state index contributed by atoms with van der Waals surface area (Å²) in [4.78, 5) is 23.8. The van der Waals surface area contributed by atoms with E-state index in [0.29, 0.717) is 25.7 Å². The van der Waals surface area contributed by atoms with E-state index in [1.54, 1.807) is 0 Å². The molecule has 19 heavy (non-hydrogen) atoms. The Bertz CT molecular complexity index is 338. The second-order valence-electron chi connectivity index (χ2n) is 6.28. The van der Waals surface area contributed by atoms with Gasteiger partial charge in [-0.05, 0) is 46.5 Å². The summed E-state index contributed by atoms with van der Waals surface area (Å²) in [5.74, 6) is -0.579. The molecule has 0 aromatic carbocycles. The predicted octanol–water partition coefficient (Wildman–Crippen LogP) is 1.64. The van der Waals surface area contributed by atoms with Crippen molar-refractivity contribution in [1.29, 1.82) is 0 Å². The summed E-state index contributed by atoms with van der Waals surface area (Å²) in [6.07, 6.45) is 2.42. The molecule has 1 saturated carbocycles. The third-order valence-electron chi connectivity index (χ3n) is 3.69. The van der Waals surface area contributed by atoms with Crippen molar-refractivity contribution in [2.75, 3.05) is 13.7 Å². The standard InChI is InChI=1S/C14H25NO4/c1-13(2,3)19-11(16)10-5-7-14(9-15,8-6-10)12(17)18-4/h10H,5-9,15H2,1-4H3. The molecule has 1 aliphatic carbocycles. The zero-order valence-electron chi connectivity index (χ0n) is 12.3. The molecular weight excluding hydrogens is 246 g/mol. The van der Waals surface area contributed by atoms with Crippen LogP contribution < -0.4 is 5.73 Å². The Balaban J connectivity index is 2.61. The van der Waals surface area contributed by atoms with Gasteiger partial charge in [-0.25, -0.2) is 0 Å². The molecule has 0 aromatic heterocycles. The van der Waals surface area contributed by atoms with E-state index in [9.17, 15) is 9.59 Å². The van der Waals surface area contributed by atoms with E-state index in [1.807, 2.05) is 20.8 Å². The number of hydrogen-bond donors (Lipinski definition) is 1. The Morgan fingerprint density at radius 1 is 1.26 bits per heavy atom. The number of carbonyl (C=O) groups excluding carboxylic acids is 2. The van der Waals surface area contributed by atoms with E-state index >= 15 is 0 Å². The second kappa shape index (κ2) is 5.90. The molecule has 5 nitrogen and oxygen atoms in total. The van der Waals surface area contributed by atoms with Crippen LogP contribution in [-0.4, -0.2) is 31.2 Å². The van der Waals surface area contributed by atoms with Crippen molar-refractivity contribution < 1.29 is 19.1 Å². The first-order valence-electron chi connectivity index (χ1n) is 6.75. The van der Waals surface area contributed by atoms with E-state index in [-0.39, 0.29) is 24.4 Å². The molecule has 1 aliphatic rings. The van der Waals surface area contributed by atoms with Gasteiger partial charge in [-0.15, -0.1) is 0 Å². The molecule has 0 unspecified atom stereocenters. The Morgan fingerprint density at radius 3 is 2.16 bits per heavy atom. The van der Waals surface area contributed by atoms with Crippen molar-refractivity contribution in [1.82, 2.24) is 0 Å². The minimum atomic E-state index is -0.618. The van der Waals surface area contributed by atoms with Crippen molar-refractivity contribution in [3.8, 4) is 0 Å². The number of ether oxygens (including phenoxy) is 2. The third-order valence-corrected chi connectivity index (χ3v) is 3.69. The maximum atomic E-state index is 12.0. The first-order valence-corrected chi connectivity index (χ1v) is 6.75. The normalized spacial score (nSPS) is 27.7. The van der Waals surface area contributed by atoms with Crippen molar-refractivity contribution >= 4 is 11.9 Å². The van der Waals surface area contributed by atoms with Crippen LogP contribution in [0, 0.1) is 11.3 Å². The Morgan fingerprint density at radius 2 is 1.79 bits per heavy atom. The molecule has 5 heteroatoms. The fourth-order valence-electron chi connectivity index (χ4n) is 2.50. The Hall–Kier alpha value is -1.10. The van der Waals surface area contributed by atoms with Crippen molar-refractivity contribution in [2.24, 2.45) is 17.1 Å². The van der Waals surface area contributed by atoms with Gasteiger partial charge >= 0.3 is 11.9 Å². The summed E-state index contributed by atoms with van der Waals surface area (Å²) in [6.45, 7) is 5.83. The molecule has 0 radical (unpaired) electrons. The lowest BCUT2D eigenvalue weighted by molar-refractivity contribution is -0.165. The quantitative estimate of drug-likeness (QED) is 0.789. The molecule has 0 bridgehead atoms. The summed E-state index contributed by atoms with van der Waals surface area (Å²) in [5, 5.41) is 0. The highest BCUT2D eigenvalue weighted by molar-refractivity contribution is 5.78. The van der Waals surface area contributed by atoms with Crippen LogP contribution in [0.1, 0.15) is 46.5 Å². The Labute approximate surface area is 114 Å². The molecule has 0 amide bonds. The molecule has 1 fully saturated rings. The lowest BCUT2D eigenvalue weighted by Crippen LogP contribution is -2.44. The zero-order chi connectivity index (χ0) is 14.7. The van der Waals surface area contributed by atoms with Crippen LogP contribution in [0.5, 0.6) is 0 Å². The molecule has 0 spiro atoms. The van der Waals surface area contributed by atoms with Crippen molar-refractivity contribution in [3.63, 3.8) is 0 Å². The SMILES string of the molecule is COC(=O)C1(CN)CCC(C(=O)OC(C)(C)C)CC1. The topological polar surface area (TPSA) is 78.6 Å². The molecule has 0 heterocycles. The lowest BCUT2D eigenvalue weighted by Gasteiger charge is -2.36. The number of nitrogens with two attached hydrogens (primary N) is 1. The van der Waals surface area contributed by atoms with E-state index in [1.165, 1.54) is 7.11 Å². The van der Waals surface area contributed by atoms with Crippen LogP contribution >= 0.6 is 0 Å². The third kappa shape index (κ3) is 3.93. The first-order chi connectivity index (χ1) is 8.74. The zero-order valence-corrected chi connectivity index (χ0v) is 12.3. The van der Waals surface area contributed by atoms with Crippen LogP contribution in [-0.2, 0) is 19.1 Å². The molecule has 0 aromatic rings. The van der Waals surface area contributed by atoms with Gasteiger partial charge < -0.3 is 15.2 Å². The molecule has 2 N–H and O–H groups in total. The Kier molecular flexibility index (Phi) is 4.96. The predicted molar refractivity (Wildman–Crippen MR) is 71.3 cm³/mol. The number of esters is 2. The van der Waals surface area contributed by atoms with Gasteiger partial charge in [-0.1, -0.05) is 0 Å². The monoisotopic (exact) mass is 271 g/mol. The molecule has 0 atom stereocenters. The van der Waals surface area contributed by atoms with Gasteiger partial charge in [0.2, 0.25) is 0 Å². The van der Waals surface area contributed by atoms with Gasteiger partial charge in [0.15, 0.2) is 0 Å². The van der Waals surface area contributed by atoms with E-state index < -0.39 is 11.0 Å². The summed E-state index contributed by atoms with van der Waals surface area (Å²) in [6, 6.07) is 0. The van der Waals surface area contributed by atoms with Gasteiger partial charge in [0.05, 0.1) is 18.4 Å². The van der Waals surface area contributed by atoms with E-state index in [2.05, 4.69) is 0 Å². The van der Waals surface area contributed by atoms with Crippen molar-refractivity contribution in [3.05, 3.63) is 0 Å². The van der Waals surface area contributed by atoms with Gasteiger partial charge in [0.25, 0.3) is 0 Å². The largest absolute Gasteiger partial charge is 0.469 e. The van der Waals surface area contributed by atoms with Crippen molar-refractivity contribution in [2.45, 2.75) is 52.1 Å². The van der Waals surface area contributed by atoms with Gasteiger partial charge in [0, 0.05) is 6.54 Å². The van der Waals surface area contributed by atoms with Gasteiger partial charge in [0.1, 0.15) is 5.60 Å². The minimum Gasteiger partial charge on any atom is -0.469 e. The average molecular weight is 271 g/mol. The van der Waals surface area contributed by atoms with Crippen LogP contribution in [0.4, 0.5) is 0 Å². The highest BCUT2D eigenvalue weighted by Gasteiger charge is 2.43. The molecule has 0 saturated heterocycles. The van der Waals surface area contributed by atoms with E-state index in [4.69, 9.17) is 15.2 Å². The summed E-state index contributed by atoms with van der Waals surface area (Å²) < 4.78 is 10.2. The van der Waals surface area contributed by atoms with Crippen LogP contribution in [0.25, 0.3) is 0 Å². The average Bonchev–Trinajstić information content (AvgIpc) is 2.35. The van der Waals surface area contributed by atoms with Crippen LogP contribution in [0.2, 0.25) is 0 Å². The highest BCUT2D eigenvalue weighted by atomic mass is 16.6. The van der Waals surface area contributed by atoms with Gasteiger partial charge in [-0.2, -0.15) is 0 Å². The lowest BCUT2D eigenvalue weighted by atomic mass is 9.70. The molecule has 110 valence electrons. The molecule has 1 rings (SSSR count). The highest BCUT2D eigenvalue weighted by Crippen LogP contribution is 2.40. The first kappa shape index (κ1) is 16.0. The van der Waals surface area contributed by atoms with Crippen LogP contribution in [0.3, 0.4) is 0 Å². The minimum absolute atomic E-state index is 0.136. The summed E-state index contributed by atoms with van der Waals surface area (Å²) >= 11 is 0. The maximum absolute atomic E-state index is 12.0.